The monoisotopic (exact) mass is 259 g/mol. The maximum Gasteiger partial charge on any atom is 0.0340 e. The predicted molar refractivity (Wildman–Crippen MR) is 85.1 cm³/mol. The number of nitrogens with zero attached hydrogens (tertiary/aromatic N) is 1. The fraction of sp³-hybridized carbons (Fsp3) is 0.611. The van der Waals surface area contributed by atoms with Crippen LogP contribution in [0.3, 0.4) is 0 Å². The summed E-state index contributed by atoms with van der Waals surface area (Å²) >= 11 is 0. The average molecular weight is 259 g/mol. The number of aromatic nitrogens is 1. The number of hydrogen-bond donors (Lipinski definition) is 0. The summed E-state index contributed by atoms with van der Waals surface area (Å²) < 4.78 is 0. The van der Waals surface area contributed by atoms with E-state index in [0.29, 0.717) is 0 Å². The molecular formula is C18H29N. The van der Waals surface area contributed by atoms with Gasteiger partial charge in [-0.2, -0.15) is 0 Å². The van der Waals surface area contributed by atoms with Crippen LogP contribution >= 0.6 is 0 Å². The van der Waals surface area contributed by atoms with E-state index in [1.807, 2.05) is 18.5 Å². The Morgan fingerprint density at radius 1 is 0.947 bits per heavy atom. The van der Waals surface area contributed by atoms with Crippen molar-refractivity contribution in [2.24, 2.45) is 0 Å². The Bertz CT molecular complexity index is 316. The molecule has 1 heteroatoms. The highest BCUT2D eigenvalue weighted by molar-refractivity contribution is 5.46. The summed E-state index contributed by atoms with van der Waals surface area (Å²) in [6, 6.07) is 4.08. The average Bonchev–Trinajstić information content (AvgIpc) is 2.46. The summed E-state index contributed by atoms with van der Waals surface area (Å²) in [5.41, 5.74) is 1.21. The summed E-state index contributed by atoms with van der Waals surface area (Å²) in [4.78, 5) is 4.10. The molecule has 0 amide bonds. The Hall–Kier alpha value is -1.11. The lowest BCUT2D eigenvalue weighted by atomic mass is 10.1. The number of rotatable bonds is 11. The van der Waals surface area contributed by atoms with Crippen LogP contribution in [0.2, 0.25) is 0 Å². The molecule has 0 saturated heterocycles. The summed E-state index contributed by atoms with van der Waals surface area (Å²) in [6.07, 6.45) is 22.0. The minimum absolute atomic E-state index is 1.20. The third-order valence-corrected chi connectivity index (χ3v) is 3.47. The third kappa shape index (κ3) is 9.47. The molecule has 1 aromatic rings. The first-order valence-electron chi connectivity index (χ1n) is 8.00. The van der Waals surface area contributed by atoms with Gasteiger partial charge in [-0.1, -0.05) is 76.5 Å². The molecule has 0 spiro atoms. The number of pyridine rings is 1. The van der Waals surface area contributed by atoms with E-state index in [0.717, 1.165) is 0 Å². The zero-order valence-corrected chi connectivity index (χ0v) is 12.5. The first kappa shape index (κ1) is 15.9. The quantitative estimate of drug-likeness (QED) is 0.443. The van der Waals surface area contributed by atoms with Crippen LogP contribution in [0.4, 0.5) is 0 Å². The van der Waals surface area contributed by atoms with Crippen molar-refractivity contribution in [2.45, 2.75) is 71.1 Å². The van der Waals surface area contributed by atoms with Crippen LogP contribution in [0.25, 0.3) is 6.08 Å². The van der Waals surface area contributed by atoms with Gasteiger partial charge in [-0.05, 0) is 24.5 Å². The zero-order chi connectivity index (χ0) is 13.6. The highest BCUT2D eigenvalue weighted by atomic mass is 14.6. The molecule has 1 nitrogen and oxygen atoms in total. The molecule has 106 valence electrons. The maximum absolute atomic E-state index is 4.10. The molecular weight excluding hydrogens is 230 g/mol. The first-order chi connectivity index (χ1) is 9.43. The number of hydrogen-bond acceptors (Lipinski definition) is 1. The van der Waals surface area contributed by atoms with Crippen LogP contribution in [0.5, 0.6) is 0 Å². The molecule has 0 fully saturated rings. The van der Waals surface area contributed by atoms with Crippen molar-refractivity contribution < 1.29 is 0 Å². The van der Waals surface area contributed by atoms with E-state index < -0.39 is 0 Å². The smallest absolute Gasteiger partial charge is 0.0340 e. The molecule has 0 N–H and O–H groups in total. The van der Waals surface area contributed by atoms with Gasteiger partial charge in [0.05, 0.1) is 0 Å². The lowest BCUT2D eigenvalue weighted by molar-refractivity contribution is 0.566. The van der Waals surface area contributed by atoms with E-state index in [2.05, 4.69) is 30.1 Å². The second-order valence-corrected chi connectivity index (χ2v) is 5.31. The van der Waals surface area contributed by atoms with Crippen LogP contribution in [-0.4, -0.2) is 4.98 Å². The molecule has 1 rings (SSSR count). The summed E-state index contributed by atoms with van der Waals surface area (Å²) in [6.45, 7) is 2.28. The molecule has 19 heavy (non-hydrogen) atoms. The van der Waals surface area contributed by atoms with Gasteiger partial charge >= 0.3 is 0 Å². The lowest BCUT2D eigenvalue weighted by Gasteiger charge is -2.00. The van der Waals surface area contributed by atoms with Gasteiger partial charge in [0.2, 0.25) is 0 Å². The second kappa shape index (κ2) is 12.0. The molecule has 0 aliphatic rings. The van der Waals surface area contributed by atoms with E-state index in [1.165, 1.54) is 69.8 Å². The van der Waals surface area contributed by atoms with Gasteiger partial charge < -0.3 is 0 Å². The van der Waals surface area contributed by atoms with Gasteiger partial charge in [0, 0.05) is 12.4 Å². The first-order valence-corrected chi connectivity index (χ1v) is 8.00. The number of unbranched alkanes of at least 4 members (excludes halogenated alkanes) is 9. The Labute approximate surface area is 119 Å². The molecule has 0 saturated carbocycles. The van der Waals surface area contributed by atoms with Gasteiger partial charge in [0.1, 0.15) is 0 Å². The fourth-order valence-corrected chi connectivity index (χ4v) is 2.27. The van der Waals surface area contributed by atoms with Crippen molar-refractivity contribution >= 4 is 6.08 Å². The van der Waals surface area contributed by atoms with Crippen LogP contribution in [-0.2, 0) is 0 Å². The molecule has 0 bridgehead atoms. The summed E-state index contributed by atoms with van der Waals surface area (Å²) in [7, 11) is 0. The number of allylic oxidation sites excluding steroid dienone is 1. The van der Waals surface area contributed by atoms with Crippen molar-refractivity contribution in [3.05, 3.63) is 36.2 Å². The van der Waals surface area contributed by atoms with Gasteiger partial charge in [-0.25, -0.2) is 0 Å². The Morgan fingerprint density at radius 2 is 1.63 bits per heavy atom. The van der Waals surface area contributed by atoms with E-state index in [-0.39, 0.29) is 0 Å². The van der Waals surface area contributed by atoms with Crippen LogP contribution < -0.4 is 0 Å². The van der Waals surface area contributed by atoms with E-state index >= 15 is 0 Å². The standard InChI is InChI=1S/C18H29N/c1-2-3-4-5-6-7-8-9-10-11-12-14-18-15-13-16-19-17-18/h12-17H,2-11H2,1H3. The normalized spacial score (nSPS) is 11.2. The molecule has 0 unspecified atom stereocenters. The fourth-order valence-electron chi connectivity index (χ4n) is 2.27. The minimum Gasteiger partial charge on any atom is -0.264 e. The van der Waals surface area contributed by atoms with Crippen LogP contribution in [0.1, 0.15) is 76.7 Å². The molecule has 1 aromatic heterocycles. The van der Waals surface area contributed by atoms with E-state index in [1.54, 1.807) is 0 Å². The van der Waals surface area contributed by atoms with Crippen molar-refractivity contribution in [1.82, 2.24) is 4.98 Å². The van der Waals surface area contributed by atoms with Gasteiger partial charge in [0.25, 0.3) is 0 Å². The second-order valence-electron chi connectivity index (χ2n) is 5.31. The molecule has 0 radical (unpaired) electrons. The van der Waals surface area contributed by atoms with Gasteiger partial charge in [-0.3, -0.25) is 4.98 Å². The van der Waals surface area contributed by atoms with Crippen molar-refractivity contribution in [3.8, 4) is 0 Å². The molecule has 1 heterocycles. The van der Waals surface area contributed by atoms with Gasteiger partial charge in [-0.15, -0.1) is 0 Å². The molecule has 0 aromatic carbocycles. The largest absolute Gasteiger partial charge is 0.264 e. The molecule has 0 aliphatic heterocycles. The Morgan fingerprint density at radius 3 is 2.26 bits per heavy atom. The van der Waals surface area contributed by atoms with E-state index in [9.17, 15) is 0 Å². The predicted octanol–water partition coefficient (Wildman–Crippen LogP) is 6.02. The Kier molecular flexibility index (Phi) is 10.0. The molecule has 0 atom stereocenters. The molecule has 0 aliphatic carbocycles. The van der Waals surface area contributed by atoms with Gasteiger partial charge in [0.15, 0.2) is 0 Å². The van der Waals surface area contributed by atoms with E-state index in [4.69, 9.17) is 0 Å². The van der Waals surface area contributed by atoms with Crippen molar-refractivity contribution in [3.63, 3.8) is 0 Å². The topological polar surface area (TPSA) is 12.9 Å². The highest BCUT2D eigenvalue weighted by Crippen LogP contribution is 2.11. The SMILES string of the molecule is CCCCCCCCCCCC=Cc1cccnc1. The maximum atomic E-state index is 4.10. The van der Waals surface area contributed by atoms with Crippen LogP contribution in [0.15, 0.2) is 30.6 Å². The lowest BCUT2D eigenvalue weighted by Crippen LogP contribution is -1.80. The van der Waals surface area contributed by atoms with Crippen molar-refractivity contribution in [1.29, 1.82) is 0 Å². The van der Waals surface area contributed by atoms with Crippen molar-refractivity contribution in [2.75, 3.05) is 0 Å². The zero-order valence-electron chi connectivity index (χ0n) is 12.5. The minimum atomic E-state index is 1.20. The highest BCUT2D eigenvalue weighted by Gasteiger charge is 1.91. The summed E-state index contributed by atoms with van der Waals surface area (Å²) in [5.74, 6) is 0. The Balaban J connectivity index is 1.87. The summed E-state index contributed by atoms with van der Waals surface area (Å²) in [5, 5.41) is 0. The third-order valence-electron chi connectivity index (χ3n) is 3.47. The van der Waals surface area contributed by atoms with Crippen LogP contribution in [0, 0.1) is 0 Å².